The van der Waals surface area contributed by atoms with Crippen molar-refractivity contribution in [3.8, 4) is 0 Å². The SMILES string of the molecule is CCNC(=NCc1csc(N(C)C)n1)NCC1(c2ccccc2F)CC1. The smallest absolute Gasteiger partial charge is 0.191 e. The molecule has 1 saturated carbocycles. The van der Waals surface area contributed by atoms with Crippen molar-refractivity contribution < 1.29 is 4.39 Å². The standard InChI is InChI=1S/C19H26FN5S/c1-4-21-17(22-11-14-12-26-18(24-14)25(2)3)23-13-19(9-10-19)15-7-5-6-8-16(15)20/h5-8,12H,4,9-11,13H2,1-3H3,(H2,21,22,23). The topological polar surface area (TPSA) is 52.6 Å². The quantitative estimate of drug-likeness (QED) is 0.577. The normalized spacial score (nSPS) is 15.6. The Morgan fingerprint density at radius 2 is 2.08 bits per heavy atom. The summed E-state index contributed by atoms with van der Waals surface area (Å²) in [5.74, 6) is 0.627. The van der Waals surface area contributed by atoms with Gasteiger partial charge in [-0.25, -0.2) is 14.4 Å². The van der Waals surface area contributed by atoms with Crippen LogP contribution in [0.15, 0.2) is 34.6 Å². The molecule has 0 aliphatic heterocycles. The monoisotopic (exact) mass is 375 g/mol. The van der Waals surface area contributed by atoms with Crippen LogP contribution >= 0.6 is 11.3 Å². The van der Waals surface area contributed by atoms with Gasteiger partial charge >= 0.3 is 0 Å². The highest BCUT2D eigenvalue weighted by Gasteiger charge is 2.45. The largest absolute Gasteiger partial charge is 0.357 e. The van der Waals surface area contributed by atoms with E-state index in [4.69, 9.17) is 0 Å². The number of aromatic nitrogens is 1. The Labute approximate surface area is 158 Å². The second-order valence-electron chi connectivity index (χ2n) is 6.82. The van der Waals surface area contributed by atoms with Crippen LogP contribution in [0.2, 0.25) is 0 Å². The molecule has 5 nitrogen and oxygen atoms in total. The Hall–Kier alpha value is -2.15. The Balaban J connectivity index is 1.64. The Kier molecular flexibility index (Phi) is 5.76. The molecule has 0 bridgehead atoms. The van der Waals surface area contributed by atoms with Crippen molar-refractivity contribution in [2.75, 3.05) is 32.1 Å². The van der Waals surface area contributed by atoms with Crippen molar-refractivity contribution in [1.82, 2.24) is 15.6 Å². The van der Waals surface area contributed by atoms with Crippen molar-refractivity contribution in [2.24, 2.45) is 4.99 Å². The van der Waals surface area contributed by atoms with Crippen LogP contribution in [0.25, 0.3) is 0 Å². The number of aliphatic imine (C=N–C) groups is 1. The Bertz CT molecular complexity index is 767. The van der Waals surface area contributed by atoms with Gasteiger partial charge in [-0.3, -0.25) is 0 Å². The number of hydrogen-bond acceptors (Lipinski definition) is 4. The fourth-order valence-electron chi connectivity index (χ4n) is 2.91. The van der Waals surface area contributed by atoms with Crippen LogP contribution in [0, 0.1) is 5.82 Å². The maximum Gasteiger partial charge on any atom is 0.191 e. The number of halogens is 1. The molecule has 1 heterocycles. The third-order valence-electron chi connectivity index (χ3n) is 4.56. The Morgan fingerprint density at radius 1 is 1.31 bits per heavy atom. The molecule has 0 spiro atoms. The zero-order valence-electron chi connectivity index (χ0n) is 15.6. The second-order valence-corrected chi connectivity index (χ2v) is 7.66. The summed E-state index contributed by atoms with van der Waals surface area (Å²) in [4.78, 5) is 11.2. The fourth-order valence-corrected chi connectivity index (χ4v) is 3.66. The van der Waals surface area contributed by atoms with Gasteiger partial charge in [0.05, 0.1) is 12.2 Å². The molecule has 26 heavy (non-hydrogen) atoms. The average molecular weight is 376 g/mol. The van der Waals surface area contributed by atoms with Crippen molar-refractivity contribution >= 4 is 22.4 Å². The van der Waals surface area contributed by atoms with Gasteiger partial charge < -0.3 is 15.5 Å². The van der Waals surface area contributed by atoms with Gasteiger partial charge in [-0.2, -0.15) is 0 Å². The maximum atomic E-state index is 14.1. The lowest BCUT2D eigenvalue weighted by atomic mass is 9.95. The molecule has 1 aromatic carbocycles. The molecule has 0 saturated heterocycles. The molecule has 2 aromatic rings. The minimum atomic E-state index is -0.118. The summed E-state index contributed by atoms with van der Waals surface area (Å²) in [5.41, 5.74) is 1.64. The van der Waals surface area contributed by atoms with Crippen LogP contribution in [0.5, 0.6) is 0 Å². The molecule has 0 radical (unpaired) electrons. The number of rotatable bonds is 7. The van der Waals surface area contributed by atoms with Gasteiger partial charge in [0, 0.05) is 38.0 Å². The maximum absolute atomic E-state index is 14.1. The van der Waals surface area contributed by atoms with Crippen molar-refractivity contribution in [3.63, 3.8) is 0 Å². The molecule has 0 amide bonds. The number of nitrogens with zero attached hydrogens (tertiary/aromatic N) is 3. The number of anilines is 1. The number of benzene rings is 1. The van der Waals surface area contributed by atoms with E-state index >= 15 is 0 Å². The van der Waals surface area contributed by atoms with Gasteiger partial charge in [0.15, 0.2) is 11.1 Å². The first kappa shape index (κ1) is 18.6. The first-order valence-electron chi connectivity index (χ1n) is 8.93. The zero-order chi connectivity index (χ0) is 18.6. The van der Waals surface area contributed by atoms with E-state index < -0.39 is 0 Å². The highest BCUT2D eigenvalue weighted by Crippen LogP contribution is 2.48. The van der Waals surface area contributed by atoms with E-state index in [1.54, 1.807) is 23.5 Å². The minimum absolute atomic E-state index is 0.111. The van der Waals surface area contributed by atoms with Crippen LogP contribution in [-0.4, -0.2) is 38.1 Å². The summed E-state index contributed by atoms with van der Waals surface area (Å²) in [6, 6.07) is 7.08. The van der Waals surface area contributed by atoms with E-state index in [1.807, 2.05) is 43.4 Å². The van der Waals surface area contributed by atoms with Gasteiger partial charge in [-0.05, 0) is 31.4 Å². The third-order valence-corrected chi connectivity index (χ3v) is 5.62. The summed E-state index contributed by atoms with van der Waals surface area (Å²) in [5, 5.41) is 9.65. The number of guanidine groups is 1. The van der Waals surface area contributed by atoms with E-state index in [9.17, 15) is 4.39 Å². The number of hydrogen-bond donors (Lipinski definition) is 2. The molecule has 0 unspecified atom stereocenters. The van der Waals surface area contributed by atoms with Crippen molar-refractivity contribution in [1.29, 1.82) is 0 Å². The molecule has 0 atom stereocenters. The summed E-state index contributed by atoms with van der Waals surface area (Å²) >= 11 is 1.61. The van der Waals surface area contributed by atoms with Crippen molar-refractivity contribution in [2.45, 2.75) is 31.7 Å². The highest BCUT2D eigenvalue weighted by atomic mass is 32.1. The third kappa shape index (κ3) is 4.33. The molecule has 1 aromatic heterocycles. The summed E-state index contributed by atoms with van der Waals surface area (Å²) in [6.45, 7) is 4.01. The first-order valence-corrected chi connectivity index (χ1v) is 9.81. The van der Waals surface area contributed by atoms with Crippen LogP contribution in [0.3, 0.4) is 0 Å². The second kappa shape index (κ2) is 8.03. The number of nitrogens with one attached hydrogen (secondary N) is 2. The molecular weight excluding hydrogens is 349 g/mol. The summed E-state index contributed by atoms with van der Waals surface area (Å²) < 4.78 is 14.1. The van der Waals surface area contributed by atoms with Crippen molar-refractivity contribution in [3.05, 3.63) is 46.7 Å². The lowest BCUT2D eigenvalue weighted by Gasteiger charge is -2.19. The van der Waals surface area contributed by atoms with Gasteiger partial charge in [0.25, 0.3) is 0 Å². The van der Waals surface area contributed by atoms with Crippen LogP contribution < -0.4 is 15.5 Å². The number of thiazole rings is 1. The van der Waals surface area contributed by atoms with Gasteiger partial charge in [0.1, 0.15) is 5.82 Å². The first-order chi connectivity index (χ1) is 12.5. The van der Waals surface area contributed by atoms with Gasteiger partial charge in [0.2, 0.25) is 0 Å². The van der Waals surface area contributed by atoms with E-state index in [0.717, 1.165) is 41.7 Å². The lowest BCUT2D eigenvalue weighted by molar-refractivity contribution is 0.559. The van der Waals surface area contributed by atoms with E-state index in [1.165, 1.54) is 0 Å². The molecule has 1 aliphatic rings. The lowest BCUT2D eigenvalue weighted by Crippen LogP contribution is -2.41. The predicted octanol–water partition coefficient (Wildman–Crippen LogP) is 3.14. The van der Waals surface area contributed by atoms with Gasteiger partial charge in [-0.1, -0.05) is 18.2 Å². The predicted molar refractivity (Wildman–Crippen MR) is 107 cm³/mol. The van der Waals surface area contributed by atoms with Crippen LogP contribution in [0.1, 0.15) is 31.0 Å². The molecular formula is C19H26FN5S. The van der Waals surface area contributed by atoms with E-state index in [0.29, 0.717) is 13.1 Å². The van der Waals surface area contributed by atoms with Crippen LogP contribution in [0.4, 0.5) is 9.52 Å². The minimum Gasteiger partial charge on any atom is -0.357 e. The van der Waals surface area contributed by atoms with Gasteiger partial charge in [-0.15, -0.1) is 11.3 Å². The molecule has 7 heteroatoms. The Morgan fingerprint density at radius 3 is 2.69 bits per heavy atom. The summed E-state index contributed by atoms with van der Waals surface area (Å²) in [7, 11) is 3.96. The molecule has 140 valence electrons. The summed E-state index contributed by atoms with van der Waals surface area (Å²) in [6.07, 6.45) is 2.00. The molecule has 1 aliphatic carbocycles. The molecule has 2 N–H and O–H groups in total. The highest BCUT2D eigenvalue weighted by molar-refractivity contribution is 7.13. The van der Waals surface area contributed by atoms with Crippen LogP contribution in [-0.2, 0) is 12.0 Å². The fraction of sp³-hybridized carbons (Fsp3) is 0.474. The molecule has 1 fully saturated rings. The van der Waals surface area contributed by atoms with E-state index in [-0.39, 0.29) is 11.2 Å². The van der Waals surface area contributed by atoms with E-state index in [2.05, 4.69) is 20.6 Å². The molecule has 3 rings (SSSR count). The zero-order valence-corrected chi connectivity index (χ0v) is 16.4. The average Bonchev–Trinajstić information content (AvgIpc) is 3.25.